The number of aliphatic carboxylic acids is 1. The summed E-state index contributed by atoms with van der Waals surface area (Å²) in [4.78, 5) is 34.6. The van der Waals surface area contributed by atoms with Crippen LogP contribution in [0.1, 0.15) is 135 Å². The van der Waals surface area contributed by atoms with E-state index in [2.05, 4.69) is 12.2 Å². The monoisotopic (exact) mass is 575 g/mol. The lowest BCUT2D eigenvalue weighted by atomic mass is 10.0. The van der Waals surface area contributed by atoms with Crippen LogP contribution >= 0.6 is 21.6 Å². The first kappa shape index (κ1) is 37.2. The van der Waals surface area contributed by atoms with Gasteiger partial charge in [0.25, 0.3) is 0 Å². The number of carbonyl (C=O) groups is 3. The Bertz CT molecular complexity index is 596. The average Bonchev–Trinajstić information content (AvgIpc) is 2.89. The molecule has 0 spiro atoms. The highest BCUT2D eigenvalue weighted by Gasteiger charge is 2.16. The van der Waals surface area contributed by atoms with Gasteiger partial charge in [-0.1, -0.05) is 125 Å². The molecule has 0 fully saturated rings. The van der Waals surface area contributed by atoms with Gasteiger partial charge in [0.1, 0.15) is 5.78 Å². The number of ketones is 1. The molecule has 6 N–H and O–H groups in total. The van der Waals surface area contributed by atoms with Crippen LogP contribution in [0.5, 0.6) is 0 Å². The van der Waals surface area contributed by atoms with Gasteiger partial charge in [-0.3, -0.25) is 14.4 Å². The molecular formula is C29H57N3O4S2. The van der Waals surface area contributed by atoms with Crippen molar-refractivity contribution in [2.75, 3.05) is 18.1 Å². The van der Waals surface area contributed by atoms with Crippen LogP contribution < -0.4 is 16.8 Å². The normalized spacial score (nSPS) is 12.8. The van der Waals surface area contributed by atoms with Gasteiger partial charge in [-0.25, -0.2) is 0 Å². The van der Waals surface area contributed by atoms with E-state index < -0.39 is 18.1 Å². The van der Waals surface area contributed by atoms with Crippen molar-refractivity contribution in [1.82, 2.24) is 5.32 Å². The van der Waals surface area contributed by atoms with E-state index in [1.165, 1.54) is 92.2 Å². The summed E-state index contributed by atoms with van der Waals surface area (Å²) in [7, 11) is 3.03. The standard InChI is InChI=1S/C29H57N3O4S2/c1-2-3-17-20-27(33)25(30)23-37-38-24-26(31)29(36)32-22-19-16-14-12-10-8-6-4-5-7-9-11-13-15-18-21-28(34)35/h25-26H,2-24,30-31H2,1H3,(H,32,36)(H,34,35). The molecule has 1 amide bonds. The highest BCUT2D eigenvalue weighted by molar-refractivity contribution is 8.76. The quantitative estimate of drug-likeness (QED) is 0.0577. The van der Waals surface area contributed by atoms with Crippen LogP contribution in [0.25, 0.3) is 0 Å². The zero-order valence-corrected chi connectivity index (χ0v) is 25.7. The van der Waals surface area contributed by atoms with Crippen molar-refractivity contribution in [1.29, 1.82) is 0 Å². The number of carboxylic acid groups (broad SMARTS) is 1. The summed E-state index contributed by atoms with van der Waals surface area (Å²) in [6.45, 7) is 2.80. The number of rotatable bonds is 29. The number of Topliss-reactive ketones (excluding diaryl/α,β-unsaturated/α-hetero) is 1. The number of amides is 1. The Kier molecular flexibility index (Phi) is 27.2. The van der Waals surface area contributed by atoms with Crippen LogP contribution in [0, 0.1) is 0 Å². The van der Waals surface area contributed by atoms with Gasteiger partial charge in [-0.2, -0.15) is 0 Å². The van der Waals surface area contributed by atoms with E-state index in [9.17, 15) is 14.4 Å². The van der Waals surface area contributed by atoms with Gasteiger partial charge in [-0.05, 0) is 19.3 Å². The lowest BCUT2D eigenvalue weighted by Gasteiger charge is -2.13. The average molecular weight is 576 g/mol. The van der Waals surface area contributed by atoms with Gasteiger partial charge in [0.15, 0.2) is 0 Å². The summed E-state index contributed by atoms with van der Waals surface area (Å²) in [5.41, 5.74) is 11.9. The van der Waals surface area contributed by atoms with E-state index in [0.29, 0.717) is 30.9 Å². The lowest BCUT2D eigenvalue weighted by molar-refractivity contribution is -0.137. The van der Waals surface area contributed by atoms with Crippen molar-refractivity contribution in [2.45, 2.75) is 147 Å². The predicted molar refractivity (Wildman–Crippen MR) is 165 cm³/mol. The molecular weight excluding hydrogens is 518 g/mol. The fourth-order valence-electron chi connectivity index (χ4n) is 4.19. The number of nitrogens with two attached hydrogens (primary N) is 2. The summed E-state index contributed by atoms with van der Waals surface area (Å²) in [6, 6.07) is -0.965. The second-order valence-corrected chi connectivity index (χ2v) is 13.0. The van der Waals surface area contributed by atoms with Crippen LogP contribution in [0.3, 0.4) is 0 Å². The Hall–Kier alpha value is -0.770. The fourth-order valence-corrected chi connectivity index (χ4v) is 6.47. The molecule has 0 heterocycles. The minimum absolute atomic E-state index is 0.101. The number of hydrogen-bond donors (Lipinski definition) is 4. The Morgan fingerprint density at radius 2 is 1.05 bits per heavy atom. The number of hydrogen-bond acceptors (Lipinski definition) is 7. The molecule has 38 heavy (non-hydrogen) atoms. The number of carbonyl (C=O) groups excluding carboxylic acids is 2. The van der Waals surface area contributed by atoms with Crippen LogP contribution in [-0.2, 0) is 14.4 Å². The van der Waals surface area contributed by atoms with E-state index in [4.69, 9.17) is 16.6 Å². The number of unbranched alkanes of at least 4 members (excludes halogenated alkanes) is 16. The first-order valence-corrected chi connectivity index (χ1v) is 17.6. The third-order valence-corrected chi connectivity index (χ3v) is 9.20. The highest BCUT2D eigenvalue weighted by Crippen LogP contribution is 2.23. The first-order chi connectivity index (χ1) is 18.4. The number of nitrogens with one attached hydrogen (secondary N) is 1. The van der Waals surface area contributed by atoms with Crippen molar-refractivity contribution in [3.63, 3.8) is 0 Å². The number of carboxylic acids is 1. The van der Waals surface area contributed by atoms with Gasteiger partial charge in [0, 0.05) is 30.9 Å². The largest absolute Gasteiger partial charge is 0.481 e. The summed E-state index contributed by atoms with van der Waals surface area (Å²) in [5.74, 6) is 0.419. The maximum Gasteiger partial charge on any atom is 0.303 e. The zero-order valence-electron chi connectivity index (χ0n) is 24.1. The third-order valence-electron chi connectivity index (χ3n) is 6.72. The van der Waals surface area contributed by atoms with Gasteiger partial charge in [0.05, 0.1) is 12.1 Å². The summed E-state index contributed by atoms with van der Waals surface area (Å²) in [6.07, 6.45) is 22.0. The molecule has 7 nitrogen and oxygen atoms in total. The van der Waals surface area contributed by atoms with Crippen LogP contribution in [0.4, 0.5) is 0 Å². The van der Waals surface area contributed by atoms with Crippen LogP contribution in [0.2, 0.25) is 0 Å². The van der Waals surface area contributed by atoms with Gasteiger partial charge in [0.2, 0.25) is 5.91 Å². The smallest absolute Gasteiger partial charge is 0.303 e. The Balaban J connectivity index is 3.41. The Morgan fingerprint density at radius 3 is 1.53 bits per heavy atom. The SMILES string of the molecule is CCCCCC(=O)C(N)CSSCC(N)C(=O)NCCCCCCCCCCCCCCCCCC(=O)O. The molecule has 0 aliphatic heterocycles. The van der Waals surface area contributed by atoms with Gasteiger partial charge in [-0.15, -0.1) is 0 Å². The van der Waals surface area contributed by atoms with E-state index in [1.54, 1.807) is 0 Å². The van der Waals surface area contributed by atoms with Crippen molar-refractivity contribution in [2.24, 2.45) is 11.5 Å². The fraction of sp³-hybridized carbons (Fsp3) is 0.897. The van der Waals surface area contributed by atoms with Crippen molar-refractivity contribution < 1.29 is 19.5 Å². The summed E-state index contributed by atoms with van der Waals surface area (Å²) in [5, 5.41) is 11.6. The minimum atomic E-state index is -0.679. The first-order valence-electron chi connectivity index (χ1n) is 15.2. The molecule has 0 bridgehead atoms. The molecule has 2 unspecified atom stereocenters. The van der Waals surface area contributed by atoms with E-state index in [-0.39, 0.29) is 11.7 Å². The molecule has 224 valence electrons. The third kappa shape index (κ3) is 25.5. The zero-order chi connectivity index (χ0) is 28.3. The maximum absolute atomic E-state index is 12.2. The molecule has 2 atom stereocenters. The molecule has 0 aromatic rings. The topological polar surface area (TPSA) is 136 Å². The molecule has 0 aromatic carbocycles. The molecule has 0 aliphatic carbocycles. The maximum atomic E-state index is 12.2. The highest BCUT2D eigenvalue weighted by atomic mass is 33.1. The van der Waals surface area contributed by atoms with E-state index in [1.807, 2.05) is 0 Å². The second-order valence-electron chi connectivity index (χ2n) is 10.4. The van der Waals surface area contributed by atoms with Gasteiger partial charge >= 0.3 is 5.97 Å². The molecule has 0 aliphatic rings. The van der Waals surface area contributed by atoms with Crippen molar-refractivity contribution in [3.8, 4) is 0 Å². The van der Waals surface area contributed by atoms with Crippen molar-refractivity contribution >= 4 is 39.2 Å². The van der Waals surface area contributed by atoms with Gasteiger partial charge < -0.3 is 21.9 Å². The molecule has 0 aromatic heterocycles. The molecule has 0 radical (unpaired) electrons. The van der Waals surface area contributed by atoms with E-state index in [0.717, 1.165) is 44.9 Å². The second kappa shape index (κ2) is 27.8. The minimum Gasteiger partial charge on any atom is -0.481 e. The molecule has 9 heteroatoms. The summed E-state index contributed by atoms with van der Waals surface area (Å²) >= 11 is 0. The van der Waals surface area contributed by atoms with E-state index >= 15 is 0 Å². The summed E-state index contributed by atoms with van der Waals surface area (Å²) < 4.78 is 0. The molecule has 0 rings (SSSR count). The predicted octanol–water partition coefficient (Wildman–Crippen LogP) is 6.61. The van der Waals surface area contributed by atoms with Crippen molar-refractivity contribution in [3.05, 3.63) is 0 Å². The van der Waals surface area contributed by atoms with Crippen LogP contribution in [0.15, 0.2) is 0 Å². The Morgan fingerprint density at radius 1 is 0.632 bits per heavy atom. The van der Waals surface area contributed by atoms with Crippen LogP contribution in [-0.4, -0.2) is 52.9 Å². The Labute approximate surface area is 240 Å². The lowest BCUT2D eigenvalue weighted by Crippen LogP contribution is -2.42. The molecule has 0 saturated heterocycles. The molecule has 0 saturated carbocycles.